The van der Waals surface area contributed by atoms with Gasteiger partial charge in [-0.25, -0.2) is 9.59 Å². The first kappa shape index (κ1) is 23.4. The third-order valence-corrected chi connectivity index (χ3v) is 6.14. The fourth-order valence-corrected chi connectivity index (χ4v) is 4.37. The lowest BCUT2D eigenvalue weighted by molar-refractivity contribution is 0.0522. The summed E-state index contributed by atoms with van der Waals surface area (Å²) < 4.78 is 10.8. The second kappa shape index (κ2) is 10.4. The summed E-state index contributed by atoms with van der Waals surface area (Å²) in [5.74, 6) is 0. The third-order valence-electron chi connectivity index (χ3n) is 6.14. The summed E-state index contributed by atoms with van der Waals surface area (Å²) in [5, 5.41) is 2.82. The highest BCUT2D eigenvalue weighted by molar-refractivity contribution is 5.68. The van der Waals surface area contributed by atoms with E-state index < -0.39 is 5.60 Å². The molecular weight excluding hydrogens is 394 g/mol. The number of benzene rings is 1. The molecule has 0 aliphatic carbocycles. The van der Waals surface area contributed by atoms with Gasteiger partial charge in [0.2, 0.25) is 0 Å². The molecule has 7 heteroatoms. The number of nitrogens with one attached hydrogen (secondary N) is 1. The molecule has 0 atom stereocenters. The average molecular weight is 432 g/mol. The summed E-state index contributed by atoms with van der Waals surface area (Å²) in [6, 6.07) is 9.80. The normalized spacial score (nSPS) is 18.7. The van der Waals surface area contributed by atoms with Crippen molar-refractivity contribution in [2.75, 3.05) is 39.3 Å². The fourth-order valence-electron chi connectivity index (χ4n) is 4.37. The number of carbonyl (C=O) groups is 2. The number of alkyl carbamates (subject to hydrolysis) is 1. The number of piperidine rings is 1. The zero-order chi connectivity index (χ0) is 22.3. The van der Waals surface area contributed by atoms with Gasteiger partial charge >= 0.3 is 12.2 Å². The molecule has 1 aromatic carbocycles. The first-order chi connectivity index (χ1) is 14.7. The minimum Gasteiger partial charge on any atom is -0.445 e. The Morgan fingerprint density at radius 1 is 1.06 bits per heavy atom. The number of amides is 2. The van der Waals surface area contributed by atoms with Crippen molar-refractivity contribution in [2.45, 2.75) is 58.7 Å². The third kappa shape index (κ3) is 7.42. The van der Waals surface area contributed by atoms with Gasteiger partial charge in [0, 0.05) is 19.6 Å². The van der Waals surface area contributed by atoms with E-state index in [1.807, 2.05) is 56.0 Å². The van der Waals surface area contributed by atoms with E-state index in [1.165, 1.54) is 0 Å². The molecule has 3 rings (SSSR count). The fraction of sp³-hybridized carbons (Fsp3) is 0.667. The lowest BCUT2D eigenvalue weighted by Crippen LogP contribution is -2.43. The van der Waals surface area contributed by atoms with Crippen LogP contribution in [0.15, 0.2) is 30.3 Å². The molecule has 2 aliphatic heterocycles. The van der Waals surface area contributed by atoms with Gasteiger partial charge in [-0.3, -0.25) is 0 Å². The highest BCUT2D eigenvalue weighted by Crippen LogP contribution is 2.40. The largest absolute Gasteiger partial charge is 0.445 e. The van der Waals surface area contributed by atoms with Crippen LogP contribution in [0.25, 0.3) is 0 Å². The molecule has 0 bridgehead atoms. The van der Waals surface area contributed by atoms with E-state index in [0.29, 0.717) is 13.2 Å². The van der Waals surface area contributed by atoms with E-state index >= 15 is 0 Å². The van der Waals surface area contributed by atoms with Crippen LogP contribution in [-0.2, 0) is 16.1 Å². The van der Waals surface area contributed by atoms with Crippen molar-refractivity contribution in [1.82, 2.24) is 15.1 Å². The van der Waals surface area contributed by atoms with Crippen LogP contribution in [0, 0.1) is 5.41 Å². The number of hydrogen-bond donors (Lipinski definition) is 1. The van der Waals surface area contributed by atoms with Crippen LogP contribution < -0.4 is 5.32 Å². The second-order valence-electron chi connectivity index (χ2n) is 9.84. The Labute approximate surface area is 186 Å². The molecule has 2 saturated heterocycles. The second-order valence-corrected chi connectivity index (χ2v) is 9.84. The SMILES string of the molecule is CC(C)(C)OC(=O)NCCCN1CCC2(CC1)CCN(C(=O)OCc1ccccc1)C2. The summed E-state index contributed by atoms with van der Waals surface area (Å²) in [6.45, 7) is 11.2. The molecule has 2 heterocycles. The van der Waals surface area contributed by atoms with Crippen molar-refractivity contribution >= 4 is 12.2 Å². The van der Waals surface area contributed by atoms with Crippen LogP contribution in [0.3, 0.4) is 0 Å². The van der Waals surface area contributed by atoms with Gasteiger partial charge in [-0.1, -0.05) is 30.3 Å². The molecular formula is C24H37N3O4. The van der Waals surface area contributed by atoms with Crippen LogP contribution in [0.1, 0.15) is 52.0 Å². The maximum absolute atomic E-state index is 12.5. The molecule has 1 spiro atoms. The van der Waals surface area contributed by atoms with Crippen molar-refractivity contribution in [3.63, 3.8) is 0 Å². The van der Waals surface area contributed by atoms with Crippen molar-refractivity contribution in [3.05, 3.63) is 35.9 Å². The number of ether oxygens (including phenoxy) is 2. The van der Waals surface area contributed by atoms with Crippen LogP contribution in [0.2, 0.25) is 0 Å². The lowest BCUT2D eigenvalue weighted by atomic mass is 9.78. The summed E-state index contributed by atoms with van der Waals surface area (Å²) in [5.41, 5.74) is 0.782. The monoisotopic (exact) mass is 431 g/mol. The molecule has 0 unspecified atom stereocenters. The lowest BCUT2D eigenvalue weighted by Gasteiger charge is -2.39. The number of hydrogen-bond acceptors (Lipinski definition) is 5. The first-order valence-corrected chi connectivity index (χ1v) is 11.4. The number of likely N-dealkylation sites (tertiary alicyclic amines) is 2. The Hall–Kier alpha value is -2.28. The highest BCUT2D eigenvalue weighted by atomic mass is 16.6. The van der Waals surface area contributed by atoms with Gasteiger partial charge in [-0.05, 0) is 77.1 Å². The van der Waals surface area contributed by atoms with Crippen molar-refractivity contribution in [3.8, 4) is 0 Å². The van der Waals surface area contributed by atoms with E-state index in [9.17, 15) is 9.59 Å². The molecule has 1 aromatic rings. The van der Waals surface area contributed by atoms with Crippen LogP contribution >= 0.6 is 0 Å². The standard InChI is InChI=1S/C24H37N3O4/c1-23(2,3)31-21(28)25-13-7-14-26-15-10-24(11-16-26)12-17-27(19-24)22(29)30-18-20-8-5-4-6-9-20/h4-6,8-9H,7,10-19H2,1-3H3,(H,25,28). The van der Waals surface area contributed by atoms with Gasteiger partial charge in [0.1, 0.15) is 12.2 Å². The smallest absolute Gasteiger partial charge is 0.410 e. The predicted molar refractivity (Wildman–Crippen MR) is 120 cm³/mol. The Morgan fingerprint density at radius 2 is 1.74 bits per heavy atom. The highest BCUT2D eigenvalue weighted by Gasteiger charge is 2.42. The van der Waals surface area contributed by atoms with Gasteiger partial charge in [0.05, 0.1) is 0 Å². The Morgan fingerprint density at radius 3 is 2.42 bits per heavy atom. The topological polar surface area (TPSA) is 71.1 Å². The maximum Gasteiger partial charge on any atom is 0.410 e. The van der Waals surface area contributed by atoms with Gasteiger partial charge < -0.3 is 24.6 Å². The van der Waals surface area contributed by atoms with Gasteiger partial charge in [-0.2, -0.15) is 0 Å². The number of carbonyl (C=O) groups excluding carboxylic acids is 2. The van der Waals surface area contributed by atoms with Crippen LogP contribution in [0.4, 0.5) is 9.59 Å². The summed E-state index contributed by atoms with van der Waals surface area (Å²) >= 11 is 0. The van der Waals surface area contributed by atoms with Gasteiger partial charge in [0.15, 0.2) is 0 Å². The molecule has 0 aromatic heterocycles. The minimum absolute atomic E-state index is 0.198. The Balaban J connectivity index is 1.32. The molecule has 1 N–H and O–H groups in total. The quantitative estimate of drug-likeness (QED) is 0.689. The molecule has 2 amide bonds. The molecule has 172 valence electrons. The molecule has 2 fully saturated rings. The zero-order valence-electron chi connectivity index (χ0n) is 19.2. The summed E-state index contributed by atoms with van der Waals surface area (Å²) in [6.07, 6.45) is 3.63. The van der Waals surface area contributed by atoms with E-state index in [2.05, 4.69) is 10.2 Å². The van der Waals surface area contributed by atoms with E-state index in [4.69, 9.17) is 9.47 Å². The minimum atomic E-state index is -0.464. The van der Waals surface area contributed by atoms with Crippen LogP contribution in [-0.4, -0.2) is 66.9 Å². The maximum atomic E-state index is 12.5. The molecule has 7 nitrogen and oxygen atoms in total. The average Bonchev–Trinajstić information content (AvgIpc) is 3.14. The molecule has 2 aliphatic rings. The van der Waals surface area contributed by atoms with E-state index in [1.54, 1.807) is 0 Å². The summed E-state index contributed by atoms with van der Waals surface area (Å²) in [4.78, 5) is 28.5. The van der Waals surface area contributed by atoms with Crippen molar-refractivity contribution in [1.29, 1.82) is 0 Å². The number of nitrogens with zero attached hydrogens (tertiary/aromatic N) is 2. The summed E-state index contributed by atoms with van der Waals surface area (Å²) in [7, 11) is 0. The van der Waals surface area contributed by atoms with E-state index in [-0.39, 0.29) is 17.6 Å². The Bertz CT molecular complexity index is 724. The van der Waals surface area contributed by atoms with Gasteiger partial charge in [-0.15, -0.1) is 0 Å². The van der Waals surface area contributed by atoms with Crippen molar-refractivity contribution < 1.29 is 19.1 Å². The predicted octanol–water partition coefficient (Wildman–Crippen LogP) is 4.03. The van der Waals surface area contributed by atoms with Gasteiger partial charge in [0.25, 0.3) is 0 Å². The van der Waals surface area contributed by atoms with E-state index in [0.717, 1.165) is 64.0 Å². The molecule has 0 saturated carbocycles. The first-order valence-electron chi connectivity index (χ1n) is 11.4. The molecule has 31 heavy (non-hydrogen) atoms. The van der Waals surface area contributed by atoms with Crippen molar-refractivity contribution in [2.24, 2.45) is 5.41 Å². The Kier molecular flexibility index (Phi) is 7.81. The zero-order valence-corrected chi connectivity index (χ0v) is 19.2. The van der Waals surface area contributed by atoms with Crippen LogP contribution in [0.5, 0.6) is 0 Å². The number of rotatable bonds is 6. The molecule has 0 radical (unpaired) electrons.